The number of nitrogens with zero attached hydrogens (tertiary/aromatic N) is 4. The Kier molecular flexibility index (Phi) is 3.16. The summed E-state index contributed by atoms with van der Waals surface area (Å²) in [4.78, 5) is 20.7. The maximum absolute atomic E-state index is 11.9. The van der Waals surface area contributed by atoms with Gasteiger partial charge in [-0.05, 0) is 25.1 Å². The minimum absolute atomic E-state index is 0.204. The average molecular weight is 322 g/mol. The second kappa shape index (κ2) is 5.34. The number of fused-ring (bicyclic) bond motifs is 3. The van der Waals surface area contributed by atoms with E-state index in [1.165, 1.54) is 6.20 Å². The van der Waals surface area contributed by atoms with Gasteiger partial charge in [0.1, 0.15) is 5.65 Å². The van der Waals surface area contributed by atoms with Gasteiger partial charge in [0.25, 0.3) is 0 Å². The number of carbonyl (C=O) groups is 1. The summed E-state index contributed by atoms with van der Waals surface area (Å²) in [5.74, 6) is -0.231. The van der Waals surface area contributed by atoms with Crippen molar-refractivity contribution in [3.8, 4) is 11.3 Å². The van der Waals surface area contributed by atoms with E-state index in [9.17, 15) is 4.79 Å². The second-order valence-electron chi connectivity index (χ2n) is 5.21. The zero-order valence-corrected chi connectivity index (χ0v) is 12.9. The van der Waals surface area contributed by atoms with Crippen LogP contribution >= 0.6 is 0 Å². The number of aromatic nitrogens is 5. The molecule has 120 valence electrons. The maximum Gasteiger partial charge on any atom is 0.358 e. The third-order valence-corrected chi connectivity index (χ3v) is 3.72. The number of esters is 1. The van der Waals surface area contributed by atoms with E-state index in [0.29, 0.717) is 11.2 Å². The number of nitrogens with two attached hydrogens (primary N) is 1. The van der Waals surface area contributed by atoms with Crippen LogP contribution in [0.1, 0.15) is 17.4 Å². The van der Waals surface area contributed by atoms with Crippen molar-refractivity contribution in [1.82, 2.24) is 24.6 Å². The van der Waals surface area contributed by atoms with Gasteiger partial charge in [0.2, 0.25) is 5.95 Å². The highest BCUT2D eigenvalue weighted by atomic mass is 16.5. The van der Waals surface area contributed by atoms with Crippen molar-refractivity contribution >= 4 is 28.5 Å². The van der Waals surface area contributed by atoms with E-state index in [-0.39, 0.29) is 18.2 Å². The van der Waals surface area contributed by atoms with Crippen molar-refractivity contribution in [3.05, 3.63) is 42.4 Å². The average Bonchev–Trinajstić information content (AvgIpc) is 3.25. The number of anilines is 1. The number of aromatic amines is 1. The molecule has 0 atom stereocenters. The molecule has 0 aliphatic heterocycles. The second-order valence-corrected chi connectivity index (χ2v) is 5.21. The third-order valence-electron chi connectivity index (χ3n) is 3.72. The van der Waals surface area contributed by atoms with Crippen LogP contribution in [0.15, 0.2) is 36.7 Å². The predicted octanol–water partition coefficient (Wildman–Crippen LogP) is 2.03. The Morgan fingerprint density at radius 3 is 2.96 bits per heavy atom. The lowest BCUT2D eigenvalue weighted by Gasteiger charge is -2.05. The molecule has 0 bridgehead atoms. The van der Waals surface area contributed by atoms with Gasteiger partial charge in [-0.1, -0.05) is 6.07 Å². The van der Waals surface area contributed by atoms with Gasteiger partial charge < -0.3 is 10.5 Å². The standard InChI is InChI=1S/C16H14N6O2/c1-2-24-15(23)13-8-22-14(19-13)10-4-3-9(11-5-6-18-21-11)7-12(10)20-16(22)17/h3-8H,2H2,1H3,(H2,17,20)(H,18,21). The van der Waals surface area contributed by atoms with Crippen molar-refractivity contribution < 1.29 is 9.53 Å². The molecule has 0 aliphatic rings. The van der Waals surface area contributed by atoms with Crippen molar-refractivity contribution in [1.29, 1.82) is 0 Å². The normalized spacial score (nSPS) is 11.2. The van der Waals surface area contributed by atoms with E-state index in [0.717, 1.165) is 16.6 Å². The topological polar surface area (TPSA) is 111 Å². The predicted molar refractivity (Wildman–Crippen MR) is 88.4 cm³/mol. The number of hydrogen-bond donors (Lipinski definition) is 2. The highest BCUT2D eigenvalue weighted by molar-refractivity contribution is 5.97. The quantitative estimate of drug-likeness (QED) is 0.558. The molecule has 4 aromatic rings. The van der Waals surface area contributed by atoms with Gasteiger partial charge in [-0.3, -0.25) is 9.50 Å². The summed E-state index contributed by atoms with van der Waals surface area (Å²) >= 11 is 0. The molecular weight excluding hydrogens is 308 g/mol. The Bertz CT molecular complexity index is 1050. The molecule has 0 amide bonds. The van der Waals surface area contributed by atoms with Crippen molar-refractivity contribution in [3.63, 3.8) is 0 Å². The van der Waals surface area contributed by atoms with Crippen LogP contribution in [0.2, 0.25) is 0 Å². The zero-order valence-electron chi connectivity index (χ0n) is 12.9. The highest BCUT2D eigenvalue weighted by Gasteiger charge is 2.16. The molecule has 3 aromatic heterocycles. The maximum atomic E-state index is 11.9. The number of rotatable bonds is 3. The molecule has 1 aromatic carbocycles. The molecule has 8 heteroatoms. The Morgan fingerprint density at radius 1 is 1.33 bits per heavy atom. The lowest BCUT2D eigenvalue weighted by molar-refractivity contribution is 0.0520. The number of ether oxygens (including phenoxy) is 1. The van der Waals surface area contributed by atoms with E-state index in [1.807, 2.05) is 24.3 Å². The molecule has 3 N–H and O–H groups in total. The monoisotopic (exact) mass is 322 g/mol. The smallest absolute Gasteiger partial charge is 0.358 e. The number of nitrogen functional groups attached to an aromatic ring is 1. The third kappa shape index (κ3) is 2.16. The van der Waals surface area contributed by atoms with Crippen LogP contribution < -0.4 is 5.73 Å². The summed E-state index contributed by atoms with van der Waals surface area (Å²) in [5, 5.41) is 7.65. The molecular formula is C16H14N6O2. The minimum Gasteiger partial charge on any atom is -0.461 e. The molecule has 24 heavy (non-hydrogen) atoms. The number of carbonyl (C=O) groups excluding carboxylic acids is 1. The summed E-state index contributed by atoms with van der Waals surface area (Å²) in [6, 6.07) is 7.61. The summed E-state index contributed by atoms with van der Waals surface area (Å²) in [6.45, 7) is 2.03. The van der Waals surface area contributed by atoms with Crippen LogP contribution in [0.25, 0.3) is 27.8 Å². The molecule has 0 saturated heterocycles. The summed E-state index contributed by atoms with van der Waals surface area (Å²) < 4.78 is 6.58. The summed E-state index contributed by atoms with van der Waals surface area (Å²) in [7, 11) is 0. The molecule has 3 heterocycles. The lowest BCUT2D eigenvalue weighted by Crippen LogP contribution is -2.04. The number of nitrogens with one attached hydrogen (secondary N) is 1. The van der Waals surface area contributed by atoms with Crippen LogP contribution in [0.4, 0.5) is 5.95 Å². The number of benzene rings is 1. The number of H-pyrrole nitrogens is 1. The first-order chi connectivity index (χ1) is 11.7. The van der Waals surface area contributed by atoms with Crippen LogP contribution in [-0.2, 0) is 4.74 Å². The number of hydrogen-bond acceptors (Lipinski definition) is 6. The van der Waals surface area contributed by atoms with E-state index >= 15 is 0 Å². The molecule has 0 aliphatic carbocycles. The van der Waals surface area contributed by atoms with E-state index in [1.54, 1.807) is 17.5 Å². The highest BCUT2D eigenvalue weighted by Crippen LogP contribution is 2.26. The molecule has 0 spiro atoms. The van der Waals surface area contributed by atoms with Crippen LogP contribution in [0.5, 0.6) is 0 Å². The van der Waals surface area contributed by atoms with Gasteiger partial charge in [-0.25, -0.2) is 14.8 Å². The van der Waals surface area contributed by atoms with E-state index in [2.05, 4.69) is 20.2 Å². The molecule has 8 nitrogen and oxygen atoms in total. The lowest BCUT2D eigenvalue weighted by atomic mass is 10.1. The van der Waals surface area contributed by atoms with Gasteiger partial charge in [0.05, 0.1) is 17.8 Å². The first-order valence-electron chi connectivity index (χ1n) is 7.42. The van der Waals surface area contributed by atoms with Crippen LogP contribution in [0.3, 0.4) is 0 Å². The summed E-state index contributed by atoms with van der Waals surface area (Å²) in [5.41, 5.74) is 9.30. The van der Waals surface area contributed by atoms with Gasteiger partial charge >= 0.3 is 5.97 Å². The Hall–Kier alpha value is -3.42. The largest absolute Gasteiger partial charge is 0.461 e. The Labute approximate surface area is 136 Å². The van der Waals surface area contributed by atoms with Crippen molar-refractivity contribution in [2.24, 2.45) is 0 Å². The fraction of sp³-hybridized carbons (Fsp3) is 0.125. The van der Waals surface area contributed by atoms with Crippen molar-refractivity contribution in [2.75, 3.05) is 12.3 Å². The van der Waals surface area contributed by atoms with E-state index in [4.69, 9.17) is 10.5 Å². The first kappa shape index (κ1) is 14.2. The molecule has 0 fully saturated rings. The molecule has 4 rings (SSSR count). The summed E-state index contributed by atoms with van der Waals surface area (Å²) in [6.07, 6.45) is 3.22. The van der Waals surface area contributed by atoms with Gasteiger partial charge in [-0.15, -0.1) is 0 Å². The van der Waals surface area contributed by atoms with Gasteiger partial charge in [0.15, 0.2) is 5.69 Å². The Morgan fingerprint density at radius 2 is 2.21 bits per heavy atom. The molecule has 0 unspecified atom stereocenters. The minimum atomic E-state index is -0.483. The van der Waals surface area contributed by atoms with Crippen molar-refractivity contribution in [2.45, 2.75) is 6.92 Å². The zero-order chi connectivity index (χ0) is 16.7. The van der Waals surface area contributed by atoms with Gasteiger partial charge in [-0.2, -0.15) is 5.10 Å². The van der Waals surface area contributed by atoms with Gasteiger partial charge in [0, 0.05) is 23.3 Å². The fourth-order valence-electron chi connectivity index (χ4n) is 2.62. The Balaban J connectivity index is 1.92. The number of imidazole rings is 1. The molecule has 0 saturated carbocycles. The van der Waals surface area contributed by atoms with Crippen LogP contribution in [-0.4, -0.2) is 37.1 Å². The SMILES string of the molecule is CCOC(=O)c1cn2c(N)nc3cc(-c4ccn[nH]4)ccc3c2n1. The van der Waals surface area contributed by atoms with E-state index < -0.39 is 5.97 Å². The fourth-order valence-corrected chi connectivity index (χ4v) is 2.62. The first-order valence-corrected chi connectivity index (χ1v) is 7.42. The van der Waals surface area contributed by atoms with Crippen LogP contribution in [0, 0.1) is 0 Å². The molecule has 0 radical (unpaired) electrons.